The Morgan fingerprint density at radius 3 is 2.71 bits per heavy atom. The van der Waals surface area contributed by atoms with Crippen molar-refractivity contribution in [1.29, 1.82) is 5.26 Å². The minimum absolute atomic E-state index is 0.0582. The third-order valence-electron chi connectivity index (χ3n) is 6.32. The number of fused-ring (bicyclic) bond motifs is 1. The summed E-state index contributed by atoms with van der Waals surface area (Å²) in [5.74, 6) is 1.30. The van der Waals surface area contributed by atoms with E-state index in [-0.39, 0.29) is 11.1 Å². The van der Waals surface area contributed by atoms with Gasteiger partial charge < -0.3 is 4.74 Å². The first-order valence-electron chi connectivity index (χ1n) is 11.3. The van der Waals surface area contributed by atoms with E-state index < -0.39 is 4.92 Å². The van der Waals surface area contributed by atoms with Gasteiger partial charge in [0.15, 0.2) is 0 Å². The van der Waals surface area contributed by atoms with Crippen LogP contribution in [0.15, 0.2) is 53.5 Å². The first-order valence-corrected chi connectivity index (χ1v) is 12.1. The van der Waals surface area contributed by atoms with E-state index in [1.807, 2.05) is 24.3 Å². The van der Waals surface area contributed by atoms with Crippen LogP contribution in [0.1, 0.15) is 54.3 Å². The molecule has 1 aliphatic rings. The Bertz CT molecular complexity index is 1260. The summed E-state index contributed by atoms with van der Waals surface area (Å²) in [4.78, 5) is 16.3. The van der Waals surface area contributed by atoms with E-state index in [0.29, 0.717) is 23.8 Å². The van der Waals surface area contributed by atoms with Crippen LogP contribution in [0.5, 0.6) is 5.75 Å². The zero-order valence-corrected chi connectivity index (χ0v) is 20.4. The van der Waals surface area contributed by atoms with Crippen LogP contribution in [0, 0.1) is 32.8 Å². The van der Waals surface area contributed by atoms with Crippen LogP contribution >= 0.6 is 11.3 Å². The van der Waals surface area contributed by atoms with Gasteiger partial charge in [-0.3, -0.25) is 10.1 Å². The van der Waals surface area contributed by atoms with Crippen molar-refractivity contribution in [2.24, 2.45) is 16.3 Å². The standard InChI is InChI=1S/C27H27N3O3S/c1-27(2,3)20-9-12-23-24(15-28)26(34-25(23)14-20)29-16-19-5-4-6-22(13-19)33-17-18-7-10-21(11-8-18)30(31)32/h4-8,10-11,13,16,20H,9,12,14,17H2,1-3H3/t20-/m1/s1. The summed E-state index contributed by atoms with van der Waals surface area (Å²) in [5.41, 5.74) is 3.94. The van der Waals surface area contributed by atoms with E-state index in [0.717, 1.165) is 35.4 Å². The molecular formula is C27H27N3O3S. The number of nitro groups is 1. The van der Waals surface area contributed by atoms with E-state index in [1.54, 1.807) is 29.7 Å². The second kappa shape index (κ2) is 9.78. The average Bonchev–Trinajstić information content (AvgIpc) is 3.18. The fourth-order valence-electron chi connectivity index (χ4n) is 4.22. The van der Waals surface area contributed by atoms with Gasteiger partial charge in [-0.2, -0.15) is 5.26 Å². The molecule has 1 aromatic heterocycles. The number of ether oxygens (including phenoxy) is 1. The molecule has 34 heavy (non-hydrogen) atoms. The molecule has 0 radical (unpaired) electrons. The van der Waals surface area contributed by atoms with Crippen molar-refractivity contribution in [2.45, 2.75) is 46.6 Å². The third-order valence-corrected chi connectivity index (χ3v) is 7.49. The Morgan fingerprint density at radius 1 is 1.26 bits per heavy atom. The smallest absolute Gasteiger partial charge is 0.269 e. The van der Waals surface area contributed by atoms with Crippen LogP contribution in [0.25, 0.3) is 0 Å². The fraction of sp³-hybridized carbons (Fsp3) is 0.333. The quantitative estimate of drug-likeness (QED) is 0.219. The van der Waals surface area contributed by atoms with Gasteiger partial charge in [0, 0.05) is 23.2 Å². The average molecular weight is 474 g/mol. The number of hydrogen-bond acceptors (Lipinski definition) is 6. The zero-order chi connectivity index (χ0) is 24.3. The molecule has 174 valence electrons. The van der Waals surface area contributed by atoms with Gasteiger partial charge in [0.1, 0.15) is 23.4 Å². The predicted octanol–water partition coefficient (Wildman–Crippen LogP) is 7.01. The number of nitriles is 1. The molecular weight excluding hydrogens is 446 g/mol. The predicted molar refractivity (Wildman–Crippen MR) is 135 cm³/mol. The summed E-state index contributed by atoms with van der Waals surface area (Å²) >= 11 is 1.64. The highest BCUT2D eigenvalue weighted by Gasteiger charge is 2.32. The molecule has 0 saturated heterocycles. The van der Waals surface area contributed by atoms with Gasteiger partial charge >= 0.3 is 0 Å². The van der Waals surface area contributed by atoms with E-state index in [2.05, 4.69) is 31.8 Å². The van der Waals surface area contributed by atoms with E-state index in [1.165, 1.54) is 22.6 Å². The number of nitro benzene ring substituents is 1. The summed E-state index contributed by atoms with van der Waals surface area (Å²) in [6.45, 7) is 7.18. The van der Waals surface area contributed by atoms with Gasteiger partial charge in [-0.1, -0.05) is 32.9 Å². The molecule has 0 amide bonds. The van der Waals surface area contributed by atoms with E-state index in [9.17, 15) is 15.4 Å². The Labute approximate surface area is 203 Å². The lowest BCUT2D eigenvalue weighted by atomic mass is 9.72. The zero-order valence-electron chi connectivity index (χ0n) is 19.6. The highest BCUT2D eigenvalue weighted by atomic mass is 32.1. The maximum absolute atomic E-state index is 10.8. The summed E-state index contributed by atoms with van der Waals surface area (Å²) in [7, 11) is 0. The topological polar surface area (TPSA) is 88.5 Å². The van der Waals surface area contributed by atoms with Crippen LogP contribution < -0.4 is 4.74 Å². The van der Waals surface area contributed by atoms with Crippen LogP contribution in [-0.4, -0.2) is 11.1 Å². The van der Waals surface area contributed by atoms with Gasteiger partial charge in [0.2, 0.25) is 0 Å². The molecule has 0 spiro atoms. The van der Waals surface area contributed by atoms with Crippen molar-refractivity contribution in [1.82, 2.24) is 0 Å². The normalized spacial score (nSPS) is 15.6. The van der Waals surface area contributed by atoms with Crippen molar-refractivity contribution >= 4 is 28.2 Å². The Balaban J connectivity index is 1.46. The molecule has 6 nitrogen and oxygen atoms in total. The SMILES string of the molecule is CC(C)(C)[C@@H]1CCc2c(sc(N=Cc3cccc(OCc4ccc([N+](=O)[O-])cc4)c3)c2C#N)C1. The second-order valence-corrected chi connectivity index (χ2v) is 10.7. The number of nitrogens with zero attached hydrogens (tertiary/aromatic N) is 3. The largest absolute Gasteiger partial charge is 0.489 e. The highest BCUT2D eigenvalue weighted by Crippen LogP contribution is 2.44. The molecule has 3 aromatic rings. The van der Waals surface area contributed by atoms with Crippen molar-refractivity contribution < 1.29 is 9.66 Å². The third kappa shape index (κ3) is 5.35. The van der Waals surface area contributed by atoms with E-state index >= 15 is 0 Å². The maximum Gasteiger partial charge on any atom is 0.269 e. The molecule has 0 unspecified atom stereocenters. The fourth-order valence-corrected chi connectivity index (χ4v) is 5.44. The van der Waals surface area contributed by atoms with Crippen molar-refractivity contribution in [3.05, 3.63) is 85.8 Å². The minimum Gasteiger partial charge on any atom is -0.489 e. The lowest BCUT2D eigenvalue weighted by Crippen LogP contribution is -2.26. The Morgan fingerprint density at radius 2 is 2.03 bits per heavy atom. The summed E-state index contributed by atoms with van der Waals surface area (Å²) in [6, 6.07) is 16.3. The molecule has 1 aliphatic carbocycles. The Hall–Kier alpha value is -3.50. The number of aliphatic imine (C=N–C) groups is 1. The van der Waals surface area contributed by atoms with Crippen molar-refractivity contribution in [3.63, 3.8) is 0 Å². The van der Waals surface area contributed by atoms with Gasteiger partial charge in [-0.15, -0.1) is 11.3 Å². The number of hydrogen-bond donors (Lipinski definition) is 0. The van der Waals surface area contributed by atoms with Crippen LogP contribution in [0.3, 0.4) is 0 Å². The molecule has 1 heterocycles. The van der Waals surface area contributed by atoms with Crippen LogP contribution in [-0.2, 0) is 19.4 Å². The first-order chi connectivity index (χ1) is 16.2. The van der Waals surface area contributed by atoms with E-state index in [4.69, 9.17) is 4.74 Å². The highest BCUT2D eigenvalue weighted by molar-refractivity contribution is 7.16. The minimum atomic E-state index is -0.419. The van der Waals surface area contributed by atoms with Gasteiger partial charge in [0.25, 0.3) is 5.69 Å². The van der Waals surface area contributed by atoms with Crippen LogP contribution in [0.2, 0.25) is 0 Å². The van der Waals surface area contributed by atoms with Crippen molar-refractivity contribution in [3.8, 4) is 11.8 Å². The monoisotopic (exact) mass is 473 g/mol. The van der Waals surface area contributed by atoms with Gasteiger partial charge in [-0.05, 0) is 71.6 Å². The Kier molecular flexibility index (Phi) is 6.80. The van der Waals surface area contributed by atoms with Gasteiger partial charge in [0.05, 0.1) is 10.5 Å². The molecule has 0 bridgehead atoms. The summed E-state index contributed by atoms with van der Waals surface area (Å²) < 4.78 is 5.86. The molecule has 0 N–H and O–H groups in total. The summed E-state index contributed by atoms with van der Waals surface area (Å²) in [6.07, 6.45) is 4.84. The summed E-state index contributed by atoms with van der Waals surface area (Å²) in [5, 5.41) is 21.3. The van der Waals surface area contributed by atoms with Crippen LogP contribution in [0.4, 0.5) is 10.7 Å². The lowest BCUT2D eigenvalue weighted by Gasteiger charge is -2.33. The first kappa shape index (κ1) is 23.7. The van der Waals surface area contributed by atoms with Crippen molar-refractivity contribution in [2.75, 3.05) is 0 Å². The molecule has 0 saturated carbocycles. The number of benzene rings is 2. The van der Waals surface area contributed by atoms with Gasteiger partial charge in [-0.25, -0.2) is 4.99 Å². The second-order valence-electron chi connectivity index (χ2n) is 9.64. The number of rotatable bonds is 6. The molecule has 0 fully saturated rings. The maximum atomic E-state index is 10.8. The number of non-ortho nitro benzene ring substituents is 1. The molecule has 0 aliphatic heterocycles. The molecule has 1 atom stereocenters. The number of thiophene rings is 1. The lowest BCUT2D eigenvalue weighted by molar-refractivity contribution is -0.384. The molecule has 4 rings (SSSR count). The molecule has 2 aromatic carbocycles. The molecule has 7 heteroatoms.